The molecule has 1 aliphatic rings. The van der Waals surface area contributed by atoms with Crippen LogP contribution in [-0.4, -0.2) is 18.4 Å². The fourth-order valence-corrected chi connectivity index (χ4v) is 3.36. The average Bonchev–Trinajstić information content (AvgIpc) is 2.60. The summed E-state index contributed by atoms with van der Waals surface area (Å²) < 4.78 is 13.7. The molecule has 0 saturated heterocycles. The maximum absolute atomic E-state index is 13.7. The van der Waals surface area contributed by atoms with Crippen LogP contribution in [0.2, 0.25) is 0 Å². The van der Waals surface area contributed by atoms with Gasteiger partial charge in [-0.05, 0) is 48.6 Å². The van der Waals surface area contributed by atoms with Crippen molar-refractivity contribution in [1.29, 1.82) is 0 Å². The van der Waals surface area contributed by atoms with Crippen molar-refractivity contribution < 1.29 is 14.0 Å². The standard InChI is InChI=1S/C22H25FN2O2/c1-15(2)14-24-21(27)22(12-5-13-22)16-8-10-17(11-9-16)25-20(26)18-6-3-4-7-19(18)23/h3-4,6-11,15H,5,12-14H2,1-2H3,(H,24,27)(H,25,26). The number of carbonyl (C=O) groups is 2. The molecular weight excluding hydrogens is 343 g/mol. The highest BCUT2D eigenvalue weighted by Crippen LogP contribution is 2.44. The first-order chi connectivity index (χ1) is 12.9. The van der Waals surface area contributed by atoms with Crippen molar-refractivity contribution in [2.45, 2.75) is 38.5 Å². The van der Waals surface area contributed by atoms with Gasteiger partial charge in [0.2, 0.25) is 5.91 Å². The van der Waals surface area contributed by atoms with E-state index >= 15 is 0 Å². The molecule has 0 aliphatic heterocycles. The number of anilines is 1. The molecule has 0 heterocycles. The highest BCUT2D eigenvalue weighted by molar-refractivity contribution is 6.04. The Hall–Kier alpha value is -2.69. The van der Waals surface area contributed by atoms with Gasteiger partial charge in [0.25, 0.3) is 5.91 Å². The van der Waals surface area contributed by atoms with E-state index in [1.165, 1.54) is 12.1 Å². The Morgan fingerprint density at radius 3 is 2.30 bits per heavy atom. The zero-order valence-electron chi connectivity index (χ0n) is 15.7. The molecule has 5 heteroatoms. The quantitative estimate of drug-likeness (QED) is 0.800. The SMILES string of the molecule is CC(C)CNC(=O)C1(c2ccc(NC(=O)c3ccccc3F)cc2)CCC1. The van der Waals surface area contributed by atoms with Gasteiger partial charge in [-0.2, -0.15) is 0 Å². The van der Waals surface area contributed by atoms with Crippen LogP contribution in [0, 0.1) is 11.7 Å². The fourth-order valence-electron chi connectivity index (χ4n) is 3.36. The second kappa shape index (κ2) is 7.91. The highest BCUT2D eigenvalue weighted by Gasteiger charge is 2.45. The third-order valence-electron chi connectivity index (χ3n) is 5.13. The van der Waals surface area contributed by atoms with Gasteiger partial charge in [0, 0.05) is 12.2 Å². The van der Waals surface area contributed by atoms with Gasteiger partial charge in [0.1, 0.15) is 5.82 Å². The van der Waals surface area contributed by atoms with E-state index in [-0.39, 0.29) is 11.5 Å². The molecule has 2 amide bonds. The van der Waals surface area contributed by atoms with Gasteiger partial charge in [0.15, 0.2) is 0 Å². The van der Waals surface area contributed by atoms with Gasteiger partial charge in [-0.15, -0.1) is 0 Å². The molecule has 0 atom stereocenters. The first kappa shape index (κ1) is 19.1. The Kier molecular flexibility index (Phi) is 5.59. The summed E-state index contributed by atoms with van der Waals surface area (Å²) in [7, 11) is 0. The first-order valence-electron chi connectivity index (χ1n) is 9.37. The molecule has 0 unspecified atom stereocenters. The van der Waals surface area contributed by atoms with E-state index in [1.54, 1.807) is 24.3 Å². The Morgan fingerprint density at radius 1 is 1.07 bits per heavy atom. The third kappa shape index (κ3) is 4.02. The van der Waals surface area contributed by atoms with Crippen LogP contribution in [0.25, 0.3) is 0 Å². The van der Waals surface area contributed by atoms with Gasteiger partial charge in [0.05, 0.1) is 11.0 Å². The summed E-state index contributed by atoms with van der Waals surface area (Å²) >= 11 is 0. The molecule has 0 aromatic heterocycles. The predicted molar refractivity (Wildman–Crippen MR) is 104 cm³/mol. The van der Waals surface area contributed by atoms with E-state index in [2.05, 4.69) is 24.5 Å². The van der Waals surface area contributed by atoms with Crippen LogP contribution in [0.3, 0.4) is 0 Å². The van der Waals surface area contributed by atoms with Crippen LogP contribution in [-0.2, 0) is 10.2 Å². The number of carbonyl (C=O) groups excluding carboxylic acids is 2. The van der Waals surface area contributed by atoms with E-state index in [0.717, 1.165) is 24.8 Å². The molecule has 2 N–H and O–H groups in total. The van der Waals surface area contributed by atoms with Gasteiger partial charge >= 0.3 is 0 Å². The molecule has 27 heavy (non-hydrogen) atoms. The molecule has 142 valence electrons. The predicted octanol–water partition coefficient (Wildman–Crippen LogP) is 4.27. The van der Waals surface area contributed by atoms with Crippen LogP contribution in [0.15, 0.2) is 48.5 Å². The van der Waals surface area contributed by atoms with Crippen molar-refractivity contribution in [3.05, 3.63) is 65.5 Å². The first-order valence-corrected chi connectivity index (χ1v) is 9.37. The Morgan fingerprint density at radius 2 is 1.74 bits per heavy atom. The zero-order chi connectivity index (χ0) is 19.4. The van der Waals surface area contributed by atoms with Crippen molar-refractivity contribution in [2.24, 2.45) is 5.92 Å². The number of amides is 2. The number of benzene rings is 2. The summed E-state index contributed by atoms with van der Waals surface area (Å²) in [5, 5.41) is 5.75. The molecule has 1 aliphatic carbocycles. The molecule has 0 spiro atoms. The van der Waals surface area contributed by atoms with Crippen LogP contribution in [0.5, 0.6) is 0 Å². The number of hydrogen-bond donors (Lipinski definition) is 2. The van der Waals surface area contributed by atoms with Crippen LogP contribution in [0.1, 0.15) is 49.0 Å². The summed E-state index contributed by atoms with van der Waals surface area (Å²) in [6, 6.07) is 13.2. The lowest BCUT2D eigenvalue weighted by atomic mass is 9.63. The Balaban J connectivity index is 1.72. The van der Waals surface area contributed by atoms with Crippen molar-refractivity contribution >= 4 is 17.5 Å². The lowest BCUT2D eigenvalue weighted by molar-refractivity contribution is -0.130. The normalized spacial score (nSPS) is 15.1. The molecular formula is C22H25FN2O2. The van der Waals surface area contributed by atoms with Gasteiger partial charge in [-0.1, -0.05) is 44.5 Å². The summed E-state index contributed by atoms with van der Waals surface area (Å²) in [6.07, 6.45) is 2.69. The summed E-state index contributed by atoms with van der Waals surface area (Å²) in [4.78, 5) is 24.9. The monoisotopic (exact) mass is 368 g/mol. The smallest absolute Gasteiger partial charge is 0.258 e. The van der Waals surface area contributed by atoms with Gasteiger partial charge in [-0.25, -0.2) is 4.39 Å². The van der Waals surface area contributed by atoms with Crippen molar-refractivity contribution in [3.63, 3.8) is 0 Å². The molecule has 2 aromatic rings. The minimum atomic E-state index is -0.554. The highest BCUT2D eigenvalue weighted by atomic mass is 19.1. The molecule has 3 rings (SSSR count). The number of nitrogens with one attached hydrogen (secondary N) is 2. The van der Waals surface area contributed by atoms with Crippen molar-refractivity contribution in [1.82, 2.24) is 5.32 Å². The molecule has 4 nitrogen and oxygen atoms in total. The fraction of sp³-hybridized carbons (Fsp3) is 0.364. The van der Waals surface area contributed by atoms with E-state index in [0.29, 0.717) is 18.2 Å². The number of hydrogen-bond acceptors (Lipinski definition) is 2. The minimum Gasteiger partial charge on any atom is -0.355 e. The van der Waals surface area contributed by atoms with Crippen molar-refractivity contribution in [2.75, 3.05) is 11.9 Å². The van der Waals surface area contributed by atoms with E-state index < -0.39 is 17.1 Å². The summed E-state index contributed by atoms with van der Waals surface area (Å²) in [5.74, 6) is -0.566. The lowest BCUT2D eigenvalue weighted by Crippen LogP contribution is -2.49. The number of halogens is 1. The van der Waals surface area contributed by atoms with E-state index in [1.807, 2.05) is 12.1 Å². The van der Waals surface area contributed by atoms with Crippen LogP contribution >= 0.6 is 0 Å². The van der Waals surface area contributed by atoms with Crippen LogP contribution in [0.4, 0.5) is 10.1 Å². The van der Waals surface area contributed by atoms with E-state index in [9.17, 15) is 14.0 Å². The summed E-state index contributed by atoms with van der Waals surface area (Å²) in [6.45, 7) is 4.80. The second-order valence-corrected chi connectivity index (χ2v) is 7.55. The zero-order valence-corrected chi connectivity index (χ0v) is 15.7. The molecule has 0 bridgehead atoms. The third-order valence-corrected chi connectivity index (χ3v) is 5.13. The number of rotatable bonds is 6. The van der Waals surface area contributed by atoms with Gasteiger partial charge < -0.3 is 10.6 Å². The topological polar surface area (TPSA) is 58.2 Å². The van der Waals surface area contributed by atoms with Crippen molar-refractivity contribution in [3.8, 4) is 0 Å². The van der Waals surface area contributed by atoms with E-state index in [4.69, 9.17) is 0 Å². The second-order valence-electron chi connectivity index (χ2n) is 7.55. The Bertz CT molecular complexity index is 826. The molecule has 2 aromatic carbocycles. The largest absolute Gasteiger partial charge is 0.355 e. The Labute approximate surface area is 159 Å². The minimum absolute atomic E-state index is 0.00472. The summed E-state index contributed by atoms with van der Waals surface area (Å²) in [5.41, 5.74) is 1.07. The molecule has 0 radical (unpaired) electrons. The van der Waals surface area contributed by atoms with Gasteiger partial charge in [-0.3, -0.25) is 9.59 Å². The lowest BCUT2D eigenvalue weighted by Gasteiger charge is -2.41. The molecule has 1 saturated carbocycles. The maximum atomic E-state index is 13.7. The maximum Gasteiger partial charge on any atom is 0.258 e. The average molecular weight is 368 g/mol. The molecule has 1 fully saturated rings. The van der Waals surface area contributed by atoms with Crippen LogP contribution < -0.4 is 10.6 Å².